The average Bonchev–Trinajstić information content (AvgIpc) is 3.81. The van der Waals surface area contributed by atoms with Crippen LogP contribution in [0.15, 0.2) is 200 Å². The van der Waals surface area contributed by atoms with Crippen molar-refractivity contribution >= 4 is 66.7 Å². The Morgan fingerprint density at radius 2 is 0.862 bits per heavy atom. The lowest BCUT2D eigenvalue weighted by atomic mass is 9.34. The van der Waals surface area contributed by atoms with Gasteiger partial charge in [0.2, 0.25) is 5.95 Å². The summed E-state index contributed by atoms with van der Waals surface area (Å²) in [6.07, 6.45) is 0. The number of fused-ring (bicyclic) bond motifs is 8. The molecule has 270 valence electrons. The van der Waals surface area contributed by atoms with Crippen molar-refractivity contribution in [1.29, 1.82) is 0 Å². The van der Waals surface area contributed by atoms with Gasteiger partial charge < -0.3 is 4.74 Å². The summed E-state index contributed by atoms with van der Waals surface area (Å²) in [5.41, 5.74) is 11.8. The van der Waals surface area contributed by atoms with Crippen molar-refractivity contribution in [2.75, 3.05) is 0 Å². The number of nitrogens with zero attached hydrogens (tertiary/aromatic N) is 4. The Hall–Kier alpha value is -7.70. The van der Waals surface area contributed by atoms with Crippen LogP contribution in [-0.4, -0.2) is 25.8 Å². The van der Waals surface area contributed by atoms with E-state index < -0.39 is 0 Å². The average molecular weight is 741 g/mol. The molecule has 1 aliphatic heterocycles. The van der Waals surface area contributed by atoms with Crippen molar-refractivity contribution in [3.05, 3.63) is 200 Å². The van der Waals surface area contributed by atoms with E-state index in [2.05, 4.69) is 197 Å². The van der Waals surface area contributed by atoms with Crippen molar-refractivity contribution in [3.63, 3.8) is 0 Å². The first-order valence-electron chi connectivity index (χ1n) is 19.7. The molecule has 0 unspecified atom stereocenters. The summed E-state index contributed by atoms with van der Waals surface area (Å²) in [6, 6.07) is 70.7. The minimum Gasteiger partial charge on any atom is -0.458 e. The molecular weight excluding hydrogens is 707 g/mol. The standard InChI is InChI=1S/C52H33BN4O/c1-2-17-34(18-3-1)35-23-16-24-40(51(35)53-41-25-8-14-31-48(41)58-49-32-15-9-26-42(49)53)43-33-50(56-44-27-10-4-19-36(44)37-20-5-11-28-45(37)56)55-52(54-43)57-46-29-12-6-21-38(46)39-22-7-13-30-47(39)57/h1-33H. The molecule has 1 aliphatic rings. The summed E-state index contributed by atoms with van der Waals surface area (Å²) in [4.78, 5) is 11.2. The van der Waals surface area contributed by atoms with E-state index in [0.717, 1.165) is 88.9 Å². The lowest BCUT2D eigenvalue weighted by Crippen LogP contribution is -2.56. The van der Waals surface area contributed by atoms with Gasteiger partial charge in [-0.2, -0.15) is 4.98 Å². The molecule has 58 heavy (non-hydrogen) atoms. The first kappa shape index (κ1) is 32.5. The van der Waals surface area contributed by atoms with Gasteiger partial charge in [-0.05, 0) is 64.0 Å². The van der Waals surface area contributed by atoms with Gasteiger partial charge in [-0.3, -0.25) is 9.13 Å². The van der Waals surface area contributed by atoms with Crippen LogP contribution in [-0.2, 0) is 0 Å². The van der Waals surface area contributed by atoms with Crippen LogP contribution in [0.25, 0.3) is 77.8 Å². The zero-order valence-electron chi connectivity index (χ0n) is 31.3. The predicted octanol–water partition coefficient (Wildman–Crippen LogP) is 10.6. The van der Waals surface area contributed by atoms with Crippen molar-refractivity contribution < 1.29 is 4.74 Å². The minimum absolute atomic E-state index is 0.143. The molecule has 6 heteroatoms. The molecule has 0 spiro atoms. The number of benzene rings is 8. The lowest BCUT2D eigenvalue weighted by molar-refractivity contribution is 0.487. The molecule has 0 fully saturated rings. The Labute approximate surface area is 335 Å². The second-order valence-corrected chi connectivity index (χ2v) is 14.9. The zero-order chi connectivity index (χ0) is 38.2. The second kappa shape index (κ2) is 12.9. The van der Waals surface area contributed by atoms with Crippen LogP contribution in [0, 0.1) is 0 Å². The maximum Gasteiger partial charge on any atom is 0.252 e. The molecule has 4 heterocycles. The fourth-order valence-corrected chi connectivity index (χ4v) is 9.27. The van der Waals surface area contributed by atoms with E-state index in [-0.39, 0.29) is 6.71 Å². The van der Waals surface area contributed by atoms with Gasteiger partial charge in [0.1, 0.15) is 17.3 Å². The summed E-state index contributed by atoms with van der Waals surface area (Å²) < 4.78 is 11.1. The fraction of sp³-hybridized carbons (Fsp3) is 0. The molecule has 3 aromatic heterocycles. The van der Waals surface area contributed by atoms with Gasteiger partial charge in [0, 0.05) is 27.6 Å². The maximum absolute atomic E-state index is 6.59. The molecule has 8 aromatic carbocycles. The van der Waals surface area contributed by atoms with Gasteiger partial charge >= 0.3 is 0 Å². The quantitative estimate of drug-likeness (QED) is 0.165. The SMILES string of the molecule is c1ccc(-c2cccc(-c3cc(-n4c5ccccc5c5ccccc54)nc(-n4c5ccccc5c5ccccc54)n3)c2B2c3ccccc3Oc3ccccc32)cc1. The second-order valence-electron chi connectivity index (χ2n) is 14.9. The van der Waals surface area contributed by atoms with Crippen LogP contribution in [0.3, 0.4) is 0 Å². The molecule has 0 radical (unpaired) electrons. The van der Waals surface area contributed by atoms with Crippen LogP contribution >= 0.6 is 0 Å². The summed E-state index contributed by atoms with van der Waals surface area (Å²) >= 11 is 0. The van der Waals surface area contributed by atoms with E-state index in [1.165, 1.54) is 10.8 Å². The number of hydrogen-bond donors (Lipinski definition) is 0. The van der Waals surface area contributed by atoms with Crippen molar-refractivity contribution in [2.45, 2.75) is 0 Å². The van der Waals surface area contributed by atoms with Crippen LogP contribution in [0.2, 0.25) is 0 Å². The first-order chi connectivity index (χ1) is 28.8. The molecule has 0 saturated heterocycles. The smallest absolute Gasteiger partial charge is 0.252 e. The van der Waals surface area contributed by atoms with Crippen LogP contribution in [0.1, 0.15) is 0 Å². The van der Waals surface area contributed by atoms with Gasteiger partial charge in [0.05, 0.1) is 27.8 Å². The van der Waals surface area contributed by atoms with Crippen LogP contribution in [0.4, 0.5) is 0 Å². The van der Waals surface area contributed by atoms with E-state index in [1.54, 1.807) is 0 Å². The predicted molar refractivity (Wildman–Crippen MR) is 239 cm³/mol. The third-order valence-electron chi connectivity index (χ3n) is 11.7. The molecule has 0 amide bonds. The number of hydrogen-bond acceptors (Lipinski definition) is 3. The third-order valence-corrected chi connectivity index (χ3v) is 11.7. The number of aromatic nitrogens is 4. The Morgan fingerprint density at radius 3 is 1.43 bits per heavy atom. The molecule has 0 N–H and O–H groups in total. The monoisotopic (exact) mass is 740 g/mol. The highest BCUT2D eigenvalue weighted by Gasteiger charge is 2.36. The van der Waals surface area contributed by atoms with Crippen molar-refractivity contribution in [2.24, 2.45) is 0 Å². The van der Waals surface area contributed by atoms with Gasteiger partial charge in [0.15, 0.2) is 0 Å². The molecule has 11 aromatic rings. The van der Waals surface area contributed by atoms with E-state index in [0.29, 0.717) is 5.95 Å². The lowest BCUT2D eigenvalue weighted by Gasteiger charge is -2.29. The van der Waals surface area contributed by atoms with E-state index >= 15 is 0 Å². The molecule has 0 bridgehead atoms. The molecule has 0 atom stereocenters. The fourth-order valence-electron chi connectivity index (χ4n) is 9.27. The van der Waals surface area contributed by atoms with Gasteiger partial charge in [-0.1, -0.05) is 163 Å². The maximum atomic E-state index is 6.59. The normalized spacial score (nSPS) is 12.2. The Morgan fingerprint density at radius 1 is 0.397 bits per heavy atom. The van der Waals surface area contributed by atoms with Crippen molar-refractivity contribution in [1.82, 2.24) is 19.1 Å². The topological polar surface area (TPSA) is 44.9 Å². The Bertz CT molecular complexity index is 3120. The molecule has 5 nitrogen and oxygen atoms in total. The highest BCUT2D eigenvalue weighted by atomic mass is 16.5. The summed E-state index contributed by atoms with van der Waals surface area (Å²) in [5.74, 6) is 3.12. The van der Waals surface area contributed by atoms with Crippen molar-refractivity contribution in [3.8, 4) is 45.6 Å². The molecule has 12 rings (SSSR count). The van der Waals surface area contributed by atoms with Crippen LogP contribution < -0.4 is 21.1 Å². The highest BCUT2D eigenvalue weighted by Crippen LogP contribution is 2.36. The van der Waals surface area contributed by atoms with E-state index in [9.17, 15) is 0 Å². The summed E-state index contributed by atoms with van der Waals surface area (Å²) in [6.45, 7) is -0.143. The number of rotatable bonds is 5. The summed E-state index contributed by atoms with van der Waals surface area (Å²) in [5, 5.41) is 4.68. The molecule has 0 aliphatic carbocycles. The first-order valence-corrected chi connectivity index (χ1v) is 19.7. The highest BCUT2D eigenvalue weighted by molar-refractivity contribution is 6.98. The summed E-state index contributed by atoms with van der Waals surface area (Å²) in [7, 11) is 0. The Kier molecular flexibility index (Phi) is 7.26. The molecular formula is C52H33BN4O. The van der Waals surface area contributed by atoms with Crippen LogP contribution in [0.5, 0.6) is 11.5 Å². The van der Waals surface area contributed by atoms with E-state index in [4.69, 9.17) is 14.7 Å². The number of ether oxygens (including phenoxy) is 1. The van der Waals surface area contributed by atoms with Gasteiger partial charge in [-0.15, -0.1) is 0 Å². The number of para-hydroxylation sites is 6. The van der Waals surface area contributed by atoms with Gasteiger partial charge in [0.25, 0.3) is 6.71 Å². The third kappa shape index (κ3) is 4.91. The zero-order valence-corrected chi connectivity index (χ0v) is 31.3. The minimum atomic E-state index is -0.143. The molecule has 0 saturated carbocycles. The Balaban J connectivity index is 1.22. The largest absolute Gasteiger partial charge is 0.458 e. The van der Waals surface area contributed by atoms with E-state index in [1.807, 2.05) is 12.1 Å². The van der Waals surface area contributed by atoms with Gasteiger partial charge in [-0.25, -0.2) is 4.98 Å².